The Kier molecular flexibility index (Phi) is 5.61. The third-order valence-corrected chi connectivity index (χ3v) is 4.51. The van der Waals surface area contributed by atoms with E-state index in [0.717, 1.165) is 12.0 Å². The minimum Gasteiger partial charge on any atom is -0.329 e. The Morgan fingerprint density at radius 1 is 1.18 bits per heavy atom. The lowest BCUT2D eigenvalue weighted by Crippen LogP contribution is -2.37. The molecule has 0 aliphatic heterocycles. The summed E-state index contributed by atoms with van der Waals surface area (Å²) < 4.78 is 25.0. The van der Waals surface area contributed by atoms with E-state index in [1.807, 2.05) is 30.3 Å². The molecule has 0 saturated carbocycles. The Labute approximate surface area is 103 Å². The molecule has 4 nitrogen and oxygen atoms in total. The van der Waals surface area contributed by atoms with Crippen molar-refractivity contribution in [3.05, 3.63) is 35.9 Å². The van der Waals surface area contributed by atoms with E-state index in [0.29, 0.717) is 19.6 Å². The molecule has 1 aromatic carbocycles. The molecule has 0 fully saturated rings. The highest BCUT2D eigenvalue weighted by Gasteiger charge is 2.18. The summed E-state index contributed by atoms with van der Waals surface area (Å²) in [6.45, 7) is 2.90. The number of hydrogen-bond donors (Lipinski definition) is 1. The molecule has 5 heteroatoms. The highest BCUT2D eigenvalue weighted by molar-refractivity contribution is 7.89. The fraction of sp³-hybridized carbons (Fsp3) is 0.500. The fourth-order valence-electron chi connectivity index (χ4n) is 1.62. The molecule has 0 amide bonds. The van der Waals surface area contributed by atoms with Crippen molar-refractivity contribution >= 4 is 10.0 Å². The van der Waals surface area contributed by atoms with E-state index in [1.54, 1.807) is 6.92 Å². The summed E-state index contributed by atoms with van der Waals surface area (Å²) in [6, 6.07) is 9.86. The average molecular weight is 256 g/mol. The number of nitrogens with zero attached hydrogens (tertiary/aromatic N) is 1. The van der Waals surface area contributed by atoms with Crippen LogP contribution in [-0.4, -0.2) is 38.1 Å². The van der Waals surface area contributed by atoms with Crippen molar-refractivity contribution in [3.8, 4) is 0 Å². The summed E-state index contributed by atoms with van der Waals surface area (Å²) in [6.07, 6.45) is 0.722. The Bertz CT molecular complexity index is 417. The Morgan fingerprint density at radius 2 is 1.82 bits per heavy atom. The van der Waals surface area contributed by atoms with Gasteiger partial charge in [0.2, 0.25) is 10.0 Å². The molecular weight excluding hydrogens is 236 g/mol. The number of sulfonamides is 1. The molecule has 0 unspecified atom stereocenters. The Hall–Kier alpha value is -0.910. The van der Waals surface area contributed by atoms with Crippen LogP contribution in [0.15, 0.2) is 30.3 Å². The van der Waals surface area contributed by atoms with Gasteiger partial charge in [0, 0.05) is 19.6 Å². The second-order valence-corrected chi connectivity index (χ2v) is 6.08. The maximum atomic E-state index is 11.8. The predicted molar refractivity (Wildman–Crippen MR) is 70.2 cm³/mol. The molecule has 0 aliphatic carbocycles. The topological polar surface area (TPSA) is 63.4 Å². The van der Waals surface area contributed by atoms with Crippen molar-refractivity contribution in [2.45, 2.75) is 13.3 Å². The summed E-state index contributed by atoms with van der Waals surface area (Å²) in [5.74, 6) is 0.127. The summed E-state index contributed by atoms with van der Waals surface area (Å²) in [7, 11) is -3.14. The molecule has 17 heavy (non-hydrogen) atoms. The van der Waals surface area contributed by atoms with Crippen molar-refractivity contribution in [2.75, 3.05) is 25.4 Å². The standard InChI is InChI=1S/C12H20N2O2S/c1-2-17(15,16)14(11-9-13)10-8-12-6-4-3-5-7-12/h3-7H,2,8-11,13H2,1H3. The van der Waals surface area contributed by atoms with Crippen LogP contribution in [0, 0.1) is 0 Å². The summed E-state index contributed by atoms with van der Waals surface area (Å²) in [4.78, 5) is 0. The van der Waals surface area contributed by atoms with Gasteiger partial charge in [-0.1, -0.05) is 30.3 Å². The SMILES string of the molecule is CCS(=O)(=O)N(CCN)CCc1ccccc1. The second kappa shape index (κ2) is 6.74. The van der Waals surface area contributed by atoms with Crippen LogP contribution in [-0.2, 0) is 16.4 Å². The van der Waals surface area contributed by atoms with Crippen LogP contribution < -0.4 is 5.73 Å². The maximum Gasteiger partial charge on any atom is 0.213 e. The number of benzene rings is 1. The van der Waals surface area contributed by atoms with Gasteiger partial charge in [0.25, 0.3) is 0 Å². The van der Waals surface area contributed by atoms with Crippen LogP contribution in [0.3, 0.4) is 0 Å². The monoisotopic (exact) mass is 256 g/mol. The Morgan fingerprint density at radius 3 is 2.35 bits per heavy atom. The van der Waals surface area contributed by atoms with E-state index in [-0.39, 0.29) is 5.75 Å². The van der Waals surface area contributed by atoms with Crippen LogP contribution in [0.1, 0.15) is 12.5 Å². The van der Waals surface area contributed by atoms with Gasteiger partial charge in [0.05, 0.1) is 5.75 Å². The Balaban J connectivity index is 2.63. The van der Waals surface area contributed by atoms with Crippen molar-refractivity contribution in [1.29, 1.82) is 0 Å². The quantitative estimate of drug-likeness (QED) is 0.786. The van der Waals surface area contributed by atoms with E-state index >= 15 is 0 Å². The third-order valence-electron chi connectivity index (χ3n) is 2.63. The molecule has 0 aromatic heterocycles. The van der Waals surface area contributed by atoms with Crippen molar-refractivity contribution in [1.82, 2.24) is 4.31 Å². The minimum atomic E-state index is -3.14. The molecule has 0 bridgehead atoms. The zero-order valence-corrected chi connectivity index (χ0v) is 11.0. The smallest absolute Gasteiger partial charge is 0.213 e. The predicted octanol–water partition coefficient (Wildman–Crippen LogP) is 0.840. The number of rotatable bonds is 7. The van der Waals surface area contributed by atoms with Gasteiger partial charge in [-0.2, -0.15) is 0 Å². The minimum absolute atomic E-state index is 0.127. The van der Waals surface area contributed by atoms with Crippen LogP contribution in [0.25, 0.3) is 0 Å². The maximum absolute atomic E-state index is 11.8. The van der Waals surface area contributed by atoms with E-state index in [9.17, 15) is 8.42 Å². The lowest BCUT2D eigenvalue weighted by molar-refractivity contribution is 0.422. The first-order valence-electron chi connectivity index (χ1n) is 5.82. The lowest BCUT2D eigenvalue weighted by atomic mass is 10.1. The molecule has 0 aliphatic rings. The average Bonchev–Trinajstić information content (AvgIpc) is 2.35. The lowest BCUT2D eigenvalue weighted by Gasteiger charge is -2.20. The molecule has 96 valence electrons. The van der Waals surface area contributed by atoms with E-state index in [2.05, 4.69) is 0 Å². The summed E-state index contributed by atoms with van der Waals surface area (Å²) >= 11 is 0. The van der Waals surface area contributed by atoms with Gasteiger partial charge in [-0.3, -0.25) is 0 Å². The molecular formula is C12H20N2O2S. The van der Waals surface area contributed by atoms with Gasteiger partial charge in [0.15, 0.2) is 0 Å². The van der Waals surface area contributed by atoms with Crippen LogP contribution in [0.4, 0.5) is 0 Å². The fourth-order valence-corrected chi connectivity index (χ4v) is 2.73. The highest BCUT2D eigenvalue weighted by atomic mass is 32.2. The molecule has 0 saturated heterocycles. The van der Waals surface area contributed by atoms with Crippen molar-refractivity contribution < 1.29 is 8.42 Å². The number of hydrogen-bond acceptors (Lipinski definition) is 3. The van der Waals surface area contributed by atoms with Gasteiger partial charge < -0.3 is 5.73 Å². The molecule has 1 rings (SSSR count). The van der Waals surface area contributed by atoms with Gasteiger partial charge in [-0.05, 0) is 18.9 Å². The van der Waals surface area contributed by atoms with Crippen LogP contribution in [0.5, 0.6) is 0 Å². The molecule has 0 radical (unpaired) electrons. The summed E-state index contributed by atoms with van der Waals surface area (Å²) in [5, 5.41) is 0. The van der Waals surface area contributed by atoms with Gasteiger partial charge in [-0.25, -0.2) is 12.7 Å². The van der Waals surface area contributed by atoms with Crippen molar-refractivity contribution in [3.63, 3.8) is 0 Å². The summed E-state index contributed by atoms with van der Waals surface area (Å²) in [5.41, 5.74) is 6.58. The third kappa shape index (κ3) is 4.46. The highest BCUT2D eigenvalue weighted by Crippen LogP contribution is 2.05. The first-order valence-corrected chi connectivity index (χ1v) is 7.43. The van der Waals surface area contributed by atoms with Crippen molar-refractivity contribution in [2.24, 2.45) is 5.73 Å². The molecule has 0 heterocycles. The molecule has 0 atom stereocenters. The van der Waals surface area contributed by atoms with Gasteiger partial charge in [-0.15, -0.1) is 0 Å². The van der Waals surface area contributed by atoms with Crippen LogP contribution >= 0.6 is 0 Å². The largest absolute Gasteiger partial charge is 0.329 e. The zero-order valence-electron chi connectivity index (χ0n) is 10.2. The molecule has 0 spiro atoms. The van der Waals surface area contributed by atoms with Gasteiger partial charge >= 0.3 is 0 Å². The first kappa shape index (κ1) is 14.2. The molecule has 1 aromatic rings. The first-order chi connectivity index (χ1) is 8.10. The number of nitrogens with two attached hydrogens (primary N) is 1. The molecule has 2 N–H and O–H groups in total. The van der Waals surface area contributed by atoms with Crippen LogP contribution in [0.2, 0.25) is 0 Å². The van der Waals surface area contributed by atoms with E-state index in [4.69, 9.17) is 5.73 Å². The van der Waals surface area contributed by atoms with E-state index in [1.165, 1.54) is 4.31 Å². The second-order valence-electron chi connectivity index (χ2n) is 3.82. The van der Waals surface area contributed by atoms with E-state index < -0.39 is 10.0 Å². The zero-order chi connectivity index (χ0) is 12.7. The normalized spacial score (nSPS) is 11.9. The van der Waals surface area contributed by atoms with Gasteiger partial charge in [0.1, 0.15) is 0 Å².